The molecule has 0 saturated heterocycles. The molecule has 0 aliphatic heterocycles. The summed E-state index contributed by atoms with van der Waals surface area (Å²) in [5.74, 6) is 0.243. The first-order chi connectivity index (χ1) is 5.11. The number of halogens is 2. The molecule has 0 atom stereocenters. The first-order valence-electron chi connectivity index (χ1n) is 3.35. The van der Waals surface area contributed by atoms with E-state index in [1.54, 1.807) is 0 Å². The summed E-state index contributed by atoms with van der Waals surface area (Å²) in [5, 5.41) is 0.778. The van der Waals surface area contributed by atoms with E-state index in [0.717, 1.165) is 16.3 Å². The van der Waals surface area contributed by atoms with Gasteiger partial charge in [-0.05, 0) is 0 Å². The molecule has 62 valence electrons. The molecule has 1 aromatic rings. The Morgan fingerprint density at radius 1 is 1.45 bits per heavy atom. The number of rotatable bonds is 2. The van der Waals surface area contributed by atoms with Gasteiger partial charge < -0.3 is 0 Å². The molecule has 0 aliphatic carbocycles. The van der Waals surface area contributed by atoms with Crippen molar-refractivity contribution in [1.82, 2.24) is 4.98 Å². The van der Waals surface area contributed by atoms with Gasteiger partial charge in [0.1, 0.15) is 0 Å². The maximum atomic E-state index is 12.0. The van der Waals surface area contributed by atoms with Crippen LogP contribution in [0.4, 0.5) is 8.78 Å². The summed E-state index contributed by atoms with van der Waals surface area (Å²) >= 11 is 1.09. The second-order valence-corrected chi connectivity index (χ2v) is 3.65. The molecule has 0 aliphatic rings. The molecule has 0 spiro atoms. The molecule has 1 aromatic heterocycles. The Balaban J connectivity index is 2.82. The van der Waals surface area contributed by atoms with Crippen LogP contribution in [0.25, 0.3) is 0 Å². The smallest absolute Gasteiger partial charge is 0.249 e. The Morgan fingerprint density at radius 2 is 2.09 bits per heavy atom. The van der Waals surface area contributed by atoms with E-state index in [9.17, 15) is 8.78 Å². The Morgan fingerprint density at radius 3 is 2.36 bits per heavy atom. The summed E-state index contributed by atoms with van der Waals surface area (Å²) in [6.45, 7) is 3.88. The monoisotopic (exact) mass is 177 g/mol. The van der Waals surface area contributed by atoms with Crippen LogP contribution in [0, 0.1) is 0 Å². The second kappa shape index (κ2) is 3.26. The third kappa shape index (κ3) is 1.96. The van der Waals surface area contributed by atoms with Crippen LogP contribution in [0.1, 0.15) is 36.1 Å². The van der Waals surface area contributed by atoms with Gasteiger partial charge in [0.15, 0.2) is 0 Å². The van der Waals surface area contributed by atoms with Gasteiger partial charge >= 0.3 is 0 Å². The van der Waals surface area contributed by atoms with Gasteiger partial charge in [-0.2, -0.15) is 0 Å². The summed E-state index contributed by atoms with van der Waals surface area (Å²) in [4.78, 5) is 3.94. The highest BCUT2D eigenvalue weighted by atomic mass is 32.1. The van der Waals surface area contributed by atoms with Crippen molar-refractivity contribution in [2.75, 3.05) is 0 Å². The first kappa shape index (κ1) is 8.59. The normalized spacial score (nSPS) is 11.5. The molecule has 0 unspecified atom stereocenters. The third-order valence-electron chi connectivity index (χ3n) is 1.25. The van der Waals surface area contributed by atoms with Gasteiger partial charge in [-0.3, -0.25) is 0 Å². The van der Waals surface area contributed by atoms with Gasteiger partial charge in [0.2, 0.25) is 0 Å². The lowest BCUT2D eigenvalue weighted by Crippen LogP contribution is -1.81. The number of hydrogen-bond acceptors (Lipinski definition) is 2. The zero-order chi connectivity index (χ0) is 8.43. The van der Waals surface area contributed by atoms with Crippen molar-refractivity contribution in [1.29, 1.82) is 0 Å². The van der Waals surface area contributed by atoms with E-state index in [0.29, 0.717) is 0 Å². The minimum atomic E-state index is -2.38. The van der Waals surface area contributed by atoms with E-state index in [4.69, 9.17) is 0 Å². The Bertz CT molecular complexity index is 210. The molecule has 1 rings (SSSR count). The molecule has 4 heteroatoms. The minimum absolute atomic E-state index is 0.0636. The lowest BCUT2D eigenvalue weighted by atomic mass is 10.2. The van der Waals surface area contributed by atoms with Gasteiger partial charge in [-0.1, -0.05) is 13.8 Å². The summed E-state index contributed by atoms with van der Waals surface area (Å²) in [6.07, 6.45) is -1.12. The molecule has 0 radical (unpaired) electrons. The standard InChI is InChI=1S/C7H9F2NS/c1-4(2)7-10-3-5(11-7)6(8)9/h3-4,6H,1-2H3. The van der Waals surface area contributed by atoms with E-state index >= 15 is 0 Å². The van der Waals surface area contributed by atoms with Crippen molar-refractivity contribution in [2.24, 2.45) is 0 Å². The van der Waals surface area contributed by atoms with Crippen molar-refractivity contribution in [3.8, 4) is 0 Å². The lowest BCUT2D eigenvalue weighted by molar-refractivity contribution is 0.155. The summed E-state index contributed by atoms with van der Waals surface area (Å²) in [6, 6.07) is 0. The molecular formula is C7H9F2NS. The number of hydrogen-bond donors (Lipinski definition) is 0. The van der Waals surface area contributed by atoms with Crippen LogP contribution in [0.2, 0.25) is 0 Å². The van der Waals surface area contributed by atoms with Crippen molar-refractivity contribution < 1.29 is 8.78 Å². The molecule has 1 nitrogen and oxygen atoms in total. The summed E-state index contributed by atoms with van der Waals surface area (Å²) in [7, 11) is 0. The Hall–Kier alpha value is -0.510. The molecule has 0 bridgehead atoms. The fourth-order valence-corrected chi connectivity index (χ4v) is 1.45. The average molecular weight is 177 g/mol. The SMILES string of the molecule is CC(C)c1ncc(C(F)F)s1. The molecule has 0 fully saturated rings. The zero-order valence-electron chi connectivity index (χ0n) is 6.34. The van der Waals surface area contributed by atoms with Crippen molar-refractivity contribution in [3.63, 3.8) is 0 Å². The molecule has 0 amide bonds. The largest absolute Gasteiger partial charge is 0.274 e. The fourth-order valence-electron chi connectivity index (χ4n) is 0.669. The highest BCUT2D eigenvalue weighted by Gasteiger charge is 2.12. The van der Waals surface area contributed by atoms with Gasteiger partial charge in [0, 0.05) is 12.1 Å². The number of aromatic nitrogens is 1. The fraction of sp³-hybridized carbons (Fsp3) is 0.571. The highest BCUT2D eigenvalue weighted by molar-refractivity contribution is 7.11. The predicted molar refractivity (Wildman–Crippen MR) is 41.2 cm³/mol. The first-order valence-corrected chi connectivity index (χ1v) is 4.16. The predicted octanol–water partition coefficient (Wildman–Crippen LogP) is 3.20. The number of nitrogens with zero attached hydrogens (tertiary/aromatic N) is 1. The van der Waals surface area contributed by atoms with Crippen LogP contribution >= 0.6 is 11.3 Å². The molecule has 0 N–H and O–H groups in total. The van der Waals surface area contributed by atoms with Crippen LogP contribution in [0.5, 0.6) is 0 Å². The summed E-state index contributed by atoms with van der Waals surface area (Å²) < 4.78 is 24.0. The topological polar surface area (TPSA) is 12.9 Å². The van der Waals surface area contributed by atoms with Crippen LogP contribution in [-0.2, 0) is 0 Å². The van der Waals surface area contributed by atoms with E-state index < -0.39 is 6.43 Å². The lowest BCUT2D eigenvalue weighted by Gasteiger charge is -1.95. The van der Waals surface area contributed by atoms with Crippen molar-refractivity contribution in [2.45, 2.75) is 26.2 Å². The van der Waals surface area contributed by atoms with Crippen LogP contribution in [-0.4, -0.2) is 4.98 Å². The quantitative estimate of drug-likeness (QED) is 0.676. The molecule has 1 heterocycles. The zero-order valence-corrected chi connectivity index (χ0v) is 7.16. The Kier molecular flexibility index (Phi) is 2.54. The van der Waals surface area contributed by atoms with Gasteiger partial charge in [-0.15, -0.1) is 11.3 Å². The van der Waals surface area contributed by atoms with E-state index in [1.165, 1.54) is 6.20 Å². The van der Waals surface area contributed by atoms with Crippen molar-refractivity contribution in [3.05, 3.63) is 16.1 Å². The van der Waals surface area contributed by atoms with Gasteiger partial charge in [0.25, 0.3) is 6.43 Å². The third-order valence-corrected chi connectivity index (χ3v) is 2.56. The number of alkyl halides is 2. The van der Waals surface area contributed by atoms with Crippen LogP contribution in [0.15, 0.2) is 6.20 Å². The van der Waals surface area contributed by atoms with Crippen LogP contribution in [0.3, 0.4) is 0 Å². The van der Waals surface area contributed by atoms with Gasteiger partial charge in [0.05, 0.1) is 9.88 Å². The second-order valence-electron chi connectivity index (χ2n) is 2.56. The van der Waals surface area contributed by atoms with E-state index in [1.807, 2.05) is 13.8 Å². The molecule has 0 aromatic carbocycles. The van der Waals surface area contributed by atoms with Crippen LogP contribution < -0.4 is 0 Å². The summed E-state index contributed by atoms with van der Waals surface area (Å²) in [5.41, 5.74) is 0. The minimum Gasteiger partial charge on any atom is -0.249 e. The maximum Gasteiger partial charge on any atom is 0.274 e. The molecule has 0 saturated carbocycles. The van der Waals surface area contributed by atoms with Crippen molar-refractivity contribution >= 4 is 11.3 Å². The molecular weight excluding hydrogens is 168 g/mol. The maximum absolute atomic E-state index is 12.0. The highest BCUT2D eigenvalue weighted by Crippen LogP contribution is 2.28. The Labute approximate surface area is 68.1 Å². The number of thiazole rings is 1. The average Bonchev–Trinajstić information content (AvgIpc) is 2.33. The van der Waals surface area contributed by atoms with Gasteiger partial charge in [-0.25, -0.2) is 13.8 Å². The molecule has 11 heavy (non-hydrogen) atoms. The van der Waals surface area contributed by atoms with E-state index in [2.05, 4.69) is 4.98 Å². The van der Waals surface area contributed by atoms with E-state index in [-0.39, 0.29) is 10.8 Å².